The van der Waals surface area contributed by atoms with Gasteiger partial charge in [0.25, 0.3) is 0 Å². The second-order valence-electron chi connectivity index (χ2n) is 3.77. The van der Waals surface area contributed by atoms with E-state index in [9.17, 15) is 8.42 Å². The number of para-hydroxylation sites is 1. The third-order valence-corrected chi connectivity index (χ3v) is 3.56. The highest BCUT2D eigenvalue weighted by Gasteiger charge is 2.15. The molecule has 0 aliphatic carbocycles. The minimum Gasteiger partial charge on any atom is -0.455 e. The van der Waals surface area contributed by atoms with E-state index in [-0.39, 0.29) is 16.3 Å². The number of hydrogen-bond acceptors (Lipinski definition) is 4. The number of benzene rings is 2. The number of hydrogen-bond donors (Lipinski definition) is 2. The molecule has 0 saturated heterocycles. The highest BCUT2D eigenvalue weighted by atomic mass is 35.5. The Labute approximate surface area is 115 Å². The summed E-state index contributed by atoms with van der Waals surface area (Å²) in [4.78, 5) is -0.174. The molecule has 7 heteroatoms. The zero-order chi connectivity index (χ0) is 14.0. The highest BCUT2D eigenvalue weighted by molar-refractivity contribution is 7.89. The van der Waals surface area contributed by atoms with E-state index in [0.717, 1.165) is 0 Å². The number of nitrogen functional groups attached to an aromatic ring is 1. The number of halogens is 1. The van der Waals surface area contributed by atoms with Gasteiger partial charge in [0.15, 0.2) is 5.75 Å². The van der Waals surface area contributed by atoms with Gasteiger partial charge in [-0.05, 0) is 30.3 Å². The zero-order valence-electron chi connectivity index (χ0n) is 9.71. The van der Waals surface area contributed by atoms with Crippen LogP contribution in [0, 0.1) is 0 Å². The Morgan fingerprint density at radius 2 is 1.79 bits per heavy atom. The van der Waals surface area contributed by atoms with Gasteiger partial charge in [-0.3, -0.25) is 0 Å². The quantitative estimate of drug-likeness (QED) is 0.850. The van der Waals surface area contributed by atoms with Gasteiger partial charge >= 0.3 is 0 Å². The molecule has 0 heterocycles. The lowest BCUT2D eigenvalue weighted by atomic mass is 10.3. The Morgan fingerprint density at radius 1 is 1.11 bits per heavy atom. The number of primary sulfonamides is 1. The summed E-state index contributed by atoms with van der Waals surface area (Å²) in [5, 5.41) is 5.56. The van der Waals surface area contributed by atoms with Gasteiger partial charge < -0.3 is 10.5 Å². The zero-order valence-corrected chi connectivity index (χ0v) is 11.3. The second-order valence-corrected chi connectivity index (χ2v) is 5.74. The van der Waals surface area contributed by atoms with Crippen molar-refractivity contribution in [3.63, 3.8) is 0 Å². The average Bonchev–Trinajstić information content (AvgIpc) is 2.30. The number of anilines is 1. The maximum atomic E-state index is 11.3. The molecule has 2 aromatic carbocycles. The molecule has 4 N–H and O–H groups in total. The maximum absolute atomic E-state index is 11.3. The molecule has 2 rings (SSSR count). The Hall–Kier alpha value is -1.76. The summed E-state index contributed by atoms with van der Waals surface area (Å²) < 4.78 is 28.2. The minimum atomic E-state index is -3.89. The van der Waals surface area contributed by atoms with Crippen LogP contribution < -0.4 is 15.6 Å². The van der Waals surface area contributed by atoms with Gasteiger partial charge in [0.05, 0.1) is 5.69 Å². The summed E-state index contributed by atoms with van der Waals surface area (Å²) in [5.41, 5.74) is 5.70. The fraction of sp³-hybridized carbons (Fsp3) is 0. The van der Waals surface area contributed by atoms with Crippen LogP contribution in [0.1, 0.15) is 0 Å². The lowest BCUT2D eigenvalue weighted by molar-refractivity contribution is 0.483. The summed E-state index contributed by atoms with van der Waals surface area (Å²) in [6.07, 6.45) is 0. The summed E-state index contributed by atoms with van der Waals surface area (Å²) in [6.45, 7) is 0. The standard InChI is InChI=1S/C12H11ClN2O3S/c13-8-3-1-4-9(7-8)18-10-5-2-6-11(12(10)14)19(15,16)17/h1-7H,14H2,(H2,15,16,17). The van der Waals surface area contributed by atoms with E-state index >= 15 is 0 Å². The van der Waals surface area contributed by atoms with E-state index < -0.39 is 10.0 Å². The van der Waals surface area contributed by atoms with Crippen molar-refractivity contribution >= 4 is 27.3 Å². The number of sulfonamides is 1. The van der Waals surface area contributed by atoms with Gasteiger partial charge in [0, 0.05) is 5.02 Å². The van der Waals surface area contributed by atoms with Crippen molar-refractivity contribution in [2.45, 2.75) is 4.90 Å². The van der Waals surface area contributed by atoms with Crippen molar-refractivity contribution < 1.29 is 13.2 Å². The van der Waals surface area contributed by atoms with Crippen LogP contribution in [-0.4, -0.2) is 8.42 Å². The number of rotatable bonds is 3. The number of nitrogens with two attached hydrogens (primary N) is 2. The largest absolute Gasteiger partial charge is 0.455 e. The van der Waals surface area contributed by atoms with E-state index in [1.165, 1.54) is 12.1 Å². The number of ether oxygens (including phenoxy) is 1. The molecule has 0 unspecified atom stereocenters. The van der Waals surface area contributed by atoms with Gasteiger partial charge in [0.1, 0.15) is 10.6 Å². The minimum absolute atomic E-state index is 0.0371. The Kier molecular flexibility index (Phi) is 3.66. The van der Waals surface area contributed by atoms with E-state index in [0.29, 0.717) is 10.8 Å². The molecule has 0 saturated carbocycles. The fourth-order valence-corrected chi connectivity index (χ4v) is 2.37. The van der Waals surface area contributed by atoms with E-state index in [2.05, 4.69) is 0 Å². The molecule has 0 bridgehead atoms. The molecule has 0 spiro atoms. The molecule has 2 aromatic rings. The first-order valence-corrected chi connectivity index (χ1v) is 7.15. The lowest BCUT2D eigenvalue weighted by Crippen LogP contribution is -2.14. The smallest absolute Gasteiger partial charge is 0.240 e. The first-order chi connectivity index (χ1) is 8.88. The molecule has 0 atom stereocenters. The van der Waals surface area contributed by atoms with Crippen LogP contribution in [0.3, 0.4) is 0 Å². The Bertz CT molecular complexity index is 717. The maximum Gasteiger partial charge on any atom is 0.240 e. The third-order valence-electron chi connectivity index (χ3n) is 2.36. The SMILES string of the molecule is Nc1c(Oc2cccc(Cl)c2)cccc1S(N)(=O)=O. The van der Waals surface area contributed by atoms with Gasteiger partial charge in [-0.15, -0.1) is 0 Å². The van der Waals surface area contributed by atoms with Gasteiger partial charge in [-0.1, -0.05) is 23.7 Å². The van der Waals surface area contributed by atoms with Crippen LogP contribution in [0.4, 0.5) is 5.69 Å². The molecule has 19 heavy (non-hydrogen) atoms. The van der Waals surface area contributed by atoms with Crippen LogP contribution in [0.25, 0.3) is 0 Å². The molecule has 0 amide bonds. The van der Waals surface area contributed by atoms with Crippen molar-refractivity contribution in [2.75, 3.05) is 5.73 Å². The average molecular weight is 299 g/mol. The Balaban J connectivity index is 2.42. The van der Waals surface area contributed by atoms with Crippen molar-refractivity contribution in [1.82, 2.24) is 0 Å². The molecule has 0 aromatic heterocycles. The van der Waals surface area contributed by atoms with Crippen LogP contribution in [-0.2, 0) is 10.0 Å². The van der Waals surface area contributed by atoms with Crippen molar-refractivity contribution in [3.8, 4) is 11.5 Å². The molecule has 100 valence electrons. The predicted octanol–water partition coefficient (Wildman–Crippen LogP) is 2.36. The van der Waals surface area contributed by atoms with Crippen LogP contribution in [0.15, 0.2) is 47.4 Å². The van der Waals surface area contributed by atoms with E-state index in [1.807, 2.05) is 0 Å². The van der Waals surface area contributed by atoms with Crippen LogP contribution in [0.5, 0.6) is 11.5 Å². The van der Waals surface area contributed by atoms with Crippen molar-refractivity contribution in [1.29, 1.82) is 0 Å². The first-order valence-electron chi connectivity index (χ1n) is 5.22. The highest BCUT2D eigenvalue weighted by Crippen LogP contribution is 2.32. The fourth-order valence-electron chi connectivity index (χ4n) is 1.52. The summed E-state index contributed by atoms with van der Waals surface area (Å²) >= 11 is 5.83. The third kappa shape index (κ3) is 3.17. The lowest BCUT2D eigenvalue weighted by Gasteiger charge is -2.11. The van der Waals surface area contributed by atoms with E-state index in [4.69, 9.17) is 27.2 Å². The normalized spacial score (nSPS) is 11.3. The Morgan fingerprint density at radius 3 is 2.42 bits per heavy atom. The van der Waals surface area contributed by atoms with Gasteiger partial charge in [0.2, 0.25) is 10.0 Å². The molecule has 0 radical (unpaired) electrons. The predicted molar refractivity (Wildman–Crippen MR) is 73.8 cm³/mol. The molecule has 5 nitrogen and oxygen atoms in total. The van der Waals surface area contributed by atoms with Crippen molar-refractivity contribution in [2.24, 2.45) is 5.14 Å². The van der Waals surface area contributed by atoms with Gasteiger partial charge in [-0.25, -0.2) is 13.6 Å². The van der Waals surface area contributed by atoms with E-state index in [1.54, 1.807) is 30.3 Å². The van der Waals surface area contributed by atoms with Crippen LogP contribution in [0.2, 0.25) is 5.02 Å². The van der Waals surface area contributed by atoms with Crippen molar-refractivity contribution in [3.05, 3.63) is 47.5 Å². The monoisotopic (exact) mass is 298 g/mol. The molecular formula is C12H11ClN2O3S. The topological polar surface area (TPSA) is 95.4 Å². The molecule has 0 fully saturated rings. The second kappa shape index (κ2) is 5.08. The van der Waals surface area contributed by atoms with Gasteiger partial charge in [-0.2, -0.15) is 0 Å². The summed E-state index contributed by atoms with van der Waals surface area (Å²) in [7, 11) is -3.89. The molecular weight excluding hydrogens is 288 g/mol. The molecule has 0 aliphatic heterocycles. The first kappa shape index (κ1) is 13.7. The molecule has 0 aliphatic rings. The summed E-state index contributed by atoms with van der Waals surface area (Å²) in [6, 6.07) is 11.0. The van der Waals surface area contributed by atoms with Crippen LogP contribution >= 0.6 is 11.6 Å². The summed E-state index contributed by atoms with van der Waals surface area (Å²) in [5.74, 6) is 0.652.